The number of carbonyl (C=O) groups is 1. The van der Waals surface area contributed by atoms with Crippen molar-refractivity contribution < 1.29 is 9.53 Å². The van der Waals surface area contributed by atoms with Gasteiger partial charge < -0.3 is 15.4 Å². The van der Waals surface area contributed by atoms with Gasteiger partial charge in [0, 0.05) is 37.2 Å². The quantitative estimate of drug-likeness (QED) is 0.875. The highest BCUT2D eigenvalue weighted by Gasteiger charge is 2.29. The van der Waals surface area contributed by atoms with Crippen molar-refractivity contribution in [1.29, 1.82) is 0 Å². The Morgan fingerprint density at radius 1 is 1.41 bits per heavy atom. The Balaban J connectivity index is 2.07. The van der Waals surface area contributed by atoms with Crippen LogP contribution in [0.3, 0.4) is 0 Å². The van der Waals surface area contributed by atoms with Crippen molar-refractivity contribution >= 4 is 17.5 Å². The minimum absolute atomic E-state index is 0.0306. The van der Waals surface area contributed by atoms with Crippen LogP contribution in [0.25, 0.3) is 0 Å². The molecule has 0 aliphatic heterocycles. The molecule has 2 rings (SSSR count). The van der Waals surface area contributed by atoms with E-state index in [1.807, 2.05) is 29.2 Å². The minimum atomic E-state index is 0.0306. The maximum Gasteiger partial charge on any atom is 0.226 e. The summed E-state index contributed by atoms with van der Waals surface area (Å²) in [4.78, 5) is 14.7. The van der Waals surface area contributed by atoms with Gasteiger partial charge in [-0.15, -0.1) is 0 Å². The molecule has 1 aliphatic carbocycles. The Hall–Kier alpha value is -1.10. The lowest BCUT2D eigenvalue weighted by atomic mass is 9.85. The van der Waals surface area contributed by atoms with Gasteiger partial charge in [0.05, 0.1) is 6.61 Å². The van der Waals surface area contributed by atoms with Gasteiger partial charge in [0.1, 0.15) is 0 Å². The first kappa shape index (κ1) is 17.3. The van der Waals surface area contributed by atoms with Gasteiger partial charge in [-0.3, -0.25) is 4.79 Å². The molecule has 1 aromatic carbocycles. The Labute approximate surface area is 137 Å². The van der Waals surface area contributed by atoms with Gasteiger partial charge in [-0.05, 0) is 30.9 Å². The molecule has 0 bridgehead atoms. The first-order valence-corrected chi connectivity index (χ1v) is 8.26. The van der Waals surface area contributed by atoms with Crippen molar-refractivity contribution in [1.82, 2.24) is 4.90 Å². The molecule has 1 amide bonds. The summed E-state index contributed by atoms with van der Waals surface area (Å²) in [5.41, 5.74) is 6.99. The van der Waals surface area contributed by atoms with Crippen LogP contribution in [-0.4, -0.2) is 37.1 Å². The summed E-state index contributed by atoms with van der Waals surface area (Å²) in [5.74, 6) is 0.204. The number of amides is 1. The van der Waals surface area contributed by atoms with Crippen LogP contribution in [0.1, 0.15) is 31.2 Å². The number of halogens is 1. The number of hydrogen-bond donors (Lipinski definition) is 1. The lowest BCUT2D eigenvalue weighted by molar-refractivity contribution is -0.138. The number of benzene rings is 1. The Morgan fingerprint density at radius 3 is 2.86 bits per heavy atom. The van der Waals surface area contributed by atoms with Crippen LogP contribution in [0.5, 0.6) is 0 Å². The lowest BCUT2D eigenvalue weighted by Gasteiger charge is -2.31. The fraction of sp³-hybridized carbons (Fsp3) is 0.588. The summed E-state index contributed by atoms with van der Waals surface area (Å²) in [6.45, 7) is 1.62. The topological polar surface area (TPSA) is 55.6 Å². The fourth-order valence-electron chi connectivity index (χ4n) is 3.01. The zero-order chi connectivity index (χ0) is 15.9. The highest BCUT2D eigenvalue weighted by Crippen LogP contribution is 2.26. The molecule has 2 atom stereocenters. The highest BCUT2D eigenvalue weighted by molar-refractivity contribution is 6.31. The van der Waals surface area contributed by atoms with Crippen molar-refractivity contribution in [2.24, 2.45) is 11.7 Å². The van der Waals surface area contributed by atoms with Gasteiger partial charge in [-0.1, -0.05) is 36.2 Å². The molecular formula is C17H25ClN2O2. The molecule has 0 heterocycles. The third-order valence-electron chi connectivity index (χ3n) is 4.26. The molecule has 122 valence electrons. The minimum Gasteiger partial charge on any atom is -0.383 e. The third kappa shape index (κ3) is 4.70. The van der Waals surface area contributed by atoms with Gasteiger partial charge in [0.25, 0.3) is 0 Å². The Bertz CT molecular complexity index is 495. The second-order valence-corrected chi connectivity index (χ2v) is 6.37. The molecular weight excluding hydrogens is 300 g/mol. The van der Waals surface area contributed by atoms with E-state index in [1.165, 1.54) is 0 Å². The van der Waals surface area contributed by atoms with E-state index in [9.17, 15) is 4.79 Å². The standard InChI is InChI=1S/C17H25ClN2O2/c1-22-10-9-20(12-14-5-2-3-8-16(14)18)17(21)13-6-4-7-15(19)11-13/h2-3,5,8,13,15H,4,6-7,9-12,19H2,1H3/t13-,15+/m1/s1. The fourth-order valence-corrected chi connectivity index (χ4v) is 3.21. The van der Waals surface area contributed by atoms with Crippen molar-refractivity contribution in [3.63, 3.8) is 0 Å². The van der Waals surface area contributed by atoms with E-state index in [0.717, 1.165) is 31.2 Å². The van der Waals surface area contributed by atoms with Crippen LogP contribution in [0, 0.1) is 5.92 Å². The molecule has 0 radical (unpaired) electrons. The maximum atomic E-state index is 12.8. The van der Waals surface area contributed by atoms with Crippen molar-refractivity contribution in [3.8, 4) is 0 Å². The molecule has 5 heteroatoms. The number of carbonyl (C=O) groups excluding carboxylic acids is 1. The average Bonchev–Trinajstić information content (AvgIpc) is 2.52. The first-order valence-electron chi connectivity index (χ1n) is 7.88. The van der Waals surface area contributed by atoms with Crippen LogP contribution >= 0.6 is 11.6 Å². The molecule has 1 aromatic rings. The van der Waals surface area contributed by atoms with E-state index in [4.69, 9.17) is 22.1 Å². The molecule has 0 saturated heterocycles. The monoisotopic (exact) mass is 324 g/mol. The second kappa shape index (κ2) is 8.51. The maximum absolute atomic E-state index is 12.8. The van der Waals surface area contributed by atoms with E-state index in [-0.39, 0.29) is 17.9 Å². The predicted octanol–water partition coefficient (Wildman–Crippen LogP) is 2.83. The highest BCUT2D eigenvalue weighted by atomic mass is 35.5. The number of hydrogen-bond acceptors (Lipinski definition) is 3. The summed E-state index contributed by atoms with van der Waals surface area (Å²) in [6, 6.07) is 7.80. The molecule has 2 N–H and O–H groups in total. The summed E-state index contributed by atoms with van der Waals surface area (Å²) < 4.78 is 5.15. The zero-order valence-electron chi connectivity index (χ0n) is 13.1. The van der Waals surface area contributed by atoms with E-state index in [0.29, 0.717) is 24.7 Å². The van der Waals surface area contributed by atoms with Gasteiger partial charge >= 0.3 is 0 Å². The predicted molar refractivity (Wildman–Crippen MR) is 88.7 cm³/mol. The molecule has 4 nitrogen and oxygen atoms in total. The molecule has 0 spiro atoms. The Morgan fingerprint density at radius 2 is 2.18 bits per heavy atom. The van der Waals surface area contributed by atoms with Crippen molar-refractivity contribution in [2.75, 3.05) is 20.3 Å². The normalized spacial score (nSPS) is 21.6. The van der Waals surface area contributed by atoms with E-state index in [2.05, 4.69) is 0 Å². The molecule has 22 heavy (non-hydrogen) atoms. The number of methoxy groups -OCH3 is 1. The molecule has 0 unspecified atom stereocenters. The second-order valence-electron chi connectivity index (χ2n) is 5.97. The lowest BCUT2D eigenvalue weighted by Crippen LogP contribution is -2.41. The van der Waals surface area contributed by atoms with E-state index < -0.39 is 0 Å². The third-order valence-corrected chi connectivity index (χ3v) is 4.63. The number of nitrogens with two attached hydrogens (primary N) is 1. The molecule has 1 aliphatic rings. The number of nitrogens with zero attached hydrogens (tertiary/aromatic N) is 1. The van der Waals surface area contributed by atoms with Gasteiger partial charge in [0.2, 0.25) is 5.91 Å². The van der Waals surface area contributed by atoms with Crippen molar-refractivity contribution in [3.05, 3.63) is 34.9 Å². The first-order chi connectivity index (χ1) is 10.6. The van der Waals surface area contributed by atoms with Crippen LogP contribution in [-0.2, 0) is 16.1 Å². The van der Waals surface area contributed by atoms with Crippen molar-refractivity contribution in [2.45, 2.75) is 38.3 Å². The number of ether oxygens (including phenoxy) is 1. The molecule has 1 fully saturated rings. The van der Waals surface area contributed by atoms with Crippen LogP contribution in [0.4, 0.5) is 0 Å². The zero-order valence-corrected chi connectivity index (χ0v) is 13.9. The van der Waals surface area contributed by atoms with Crippen LogP contribution in [0.15, 0.2) is 24.3 Å². The summed E-state index contributed by atoms with van der Waals surface area (Å²) in [5, 5.41) is 0.693. The smallest absolute Gasteiger partial charge is 0.226 e. The SMILES string of the molecule is COCCN(Cc1ccccc1Cl)C(=O)[C@@H]1CCC[C@H](N)C1. The number of rotatable bonds is 6. The molecule has 1 saturated carbocycles. The van der Waals surface area contributed by atoms with Gasteiger partial charge in [0.15, 0.2) is 0 Å². The largest absolute Gasteiger partial charge is 0.383 e. The van der Waals surface area contributed by atoms with E-state index >= 15 is 0 Å². The summed E-state index contributed by atoms with van der Waals surface area (Å²) in [7, 11) is 1.65. The van der Waals surface area contributed by atoms with Gasteiger partial charge in [-0.25, -0.2) is 0 Å². The summed E-state index contributed by atoms with van der Waals surface area (Å²) in [6.07, 6.45) is 3.76. The van der Waals surface area contributed by atoms with Gasteiger partial charge in [-0.2, -0.15) is 0 Å². The Kier molecular flexibility index (Phi) is 6.68. The average molecular weight is 325 g/mol. The van der Waals surface area contributed by atoms with Crippen LogP contribution in [0.2, 0.25) is 5.02 Å². The molecule has 0 aromatic heterocycles. The van der Waals surface area contributed by atoms with Crippen LogP contribution < -0.4 is 5.73 Å². The summed E-state index contributed by atoms with van der Waals surface area (Å²) >= 11 is 6.23. The van der Waals surface area contributed by atoms with E-state index in [1.54, 1.807) is 7.11 Å².